The van der Waals surface area contributed by atoms with Gasteiger partial charge in [-0.2, -0.15) is 0 Å². The van der Waals surface area contributed by atoms with E-state index in [2.05, 4.69) is 11.5 Å². The molecular formula is C8H16N4O6Pd. The smallest absolute Gasteiger partial charge is 0.321 e. The van der Waals surface area contributed by atoms with Crippen LogP contribution in [0, 0.1) is 0 Å². The molecule has 0 aromatic carbocycles. The molecule has 114 valence electrons. The van der Waals surface area contributed by atoms with Crippen LogP contribution >= 0.6 is 0 Å². The van der Waals surface area contributed by atoms with Gasteiger partial charge in [-0.1, -0.05) is 0 Å². The molecule has 0 aromatic heterocycles. The third-order valence-corrected chi connectivity index (χ3v) is 1.48. The maximum absolute atomic E-state index is 9.99. The minimum Gasteiger partial charge on any atom is -0.480 e. The molecule has 0 aliphatic rings. The van der Waals surface area contributed by atoms with Gasteiger partial charge in [0.15, 0.2) is 0 Å². The molecule has 2 unspecified atom stereocenters. The molecule has 0 aliphatic carbocycles. The van der Waals surface area contributed by atoms with Gasteiger partial charge < -0.3 is 33.1 Å². The number of primary amides is 2. The van der Waals surface area contributed by atoms with E-state index in [4.69, 9.17) is 21.7 Å². The Balaban J connectivity index is -0.000000256. The predicted octanol–water partition coefficient (Wildman–Crippen LogP) is -3.46. The second kappa shape index (κ2) is 11.5. The van der Waals surface area contributed by atoms with Crippen LogP contribution in [0.5, 0.6) is 0 Å². The van der Waals surface area contributed by atoms with E-state index in [1.54, 1.807) is 0 Å². The molecule has 10 nitrogen and oxygen atoms in total. The molecule has 0 spiro atoms. The van der Waals surface area contributed by atoms with Gasteiger partial charge in [0.05, 0.1) is 12.8 Å². The first-order valence-corrected chi connectivity index (χ1v) is 4.61. The number of carboxylic acids is 2. The third-order valence-electron chi connectivity index (χ3n) is 1.48. The van der Waals surface area contributed by atoms with Crippen molar-refractivity contribution in [2.45, 2.75) is 24.9 Å². The molecule has 0 bridgehead atoms. The summed E-state index contributed by atoms with van der Waals surface area (Å²) in [6.07, 6.45) is -0.620. The Morgan fingerprint density at radius 1 is 0.789 bits per heavy atom. The molecule has 11 heteroatoms. The van der Waals surface area contributed by atoms with Gasteiger partial charge in [-0.3, -0.25) is 19.2 Å². The van der Waals surface area contributed by atoms with Crippen molar-refractivity contribution in [2.75, 3.05) is 0 Å². The van der Waals surface area contributed by atoms with Crippen LogP contribution in [-0.2, 0) is 39.6 Å². The fraction of sp³-hybridized carbons (Fsp3) is 0.500. The van der Waals surface area contributed by atoms with Crippen LogP contribution in [0.4, 0.5) is 0 Å². The zero-order valence-corrected chi connectivity index (χ0v) is 11.3. The Bertz CT molecular complexity index is 305. The standard InChI is InChI=1S/2C4H8N2O3.Pd/c2*5-2(4(8)9)1-3(6)7;/h2*2H,1,5H2,(H2,6,7)(H,8,9);. The normalized spacial score (nSPS) is 11.9. The summed E-state index contributed by atoms with van der Waals surface area (Å²) in [6.45, 7) is 0. The largest absolute Gasteiger partial charge is 0.480 e. The number of nitrogens with two attached hydrogens (primary N) is 4. The molecule has 0 radical (unpaired) electrons. The van der Waals surface area contributed by atoms with Gasteiger partial charge in [0.2, 0.25) is 11.8 Å². The number of amides is 2. The topological polar surface area (TPSA) is 213 Å². The van der Waals surface area contributed by atoms with Crippen molar-refractivity contribution in [3.8, 4) is 0 Å². The van der Waals surface area contributed by atoms with Crippen LogP contribution in [0.3, 0.4) is 0 Å². The number of aliphatic carboxylic acids is 2. The van der Waals surface area contributed by atoms with E-state index >= 15 is 0 Å². The van der Waals surface area contributed by atoms with Gasteiger partial charge in [-0.05, 0) is 0 Å². The van der Waals surface area contributed by atoms with Crippen LogP contribution in [0.15, 0.2) is 0 Å². The molecule has 0 saturated carbocycles. The van der Waals surface area contributed by atoms with Gasteiger partial charge in [0.1, 0.15) is 12.1 Å². The molecule has 2 amide bonds. The van der Waals surface area contributed by atoms with Crippen molar-refractivity contribution in [1.29, 1.82) is 0 Å². The molecule has 19 heavy (non-hydrogen) atoms. The Morgan fingerprint density at radius 2 is 1.00 bits per heavy atom. The maximum Gasteiger partial charge on any atom is 0.321 e. The van der Waals surface area contributed by atoms with Crippen molar-refractivity contribution < 1.29 is 49.8 Å². The Morgan fingerprint density at radius 3 is 1.05 bits per heavy atom. The fourth-order valence-electron chi connectivity index (χ4n) is 0.608. The molecular weight excluding hydrogens is 355 g/mol. The van der Waals surface area contributed by atoms with Crippen molar-refractivity contribution >= 4 is 23.8 Å². The molecule has 10 N–H and O–H groups in total. The summed E-state index contributed by atoms with van der Waals surface area (Å²) >= 11 is 0. The monoisotopic (exact) mass is 370 g/mol. The number of rotatable bonds is 6. The zero-order valence-electron chi connectivity index (χ0n) is 9.72. The second-order valence-corrected chi connectivity index (χ2v) is 3.23. The van der Waals surface area contributed by atoms with Crippen LogP contribution in [0.1, 0.15) is 12.8 Å². The number of hydrogen-bond acceptors (Lipinski definition) is 6. The van der Waals surface area contributed by atoms with Crippen molar-refractivity contribution in [3.05, 3.63) is 0 Å². The Labute approximate surface area is 122 Å². The van der Waals surface area contributed by atoms with E-state index in [-0.39, 0.29) is 33.3 Å². The number of carbonyl (C=O) groups is 4. The number of hydrogen-bond donors (Lipinski definition) is 6. The summed E-state index contributed by atoms with van der Waals surface area (Å²) in [5.41, 5.74) is 19.1. The van der Waals surface area contributed by atoms with Gasteiger partial charge in [-0.25, -0.2) is 0 Å². The van der Waals surface area contributed by atoms with Crippen LogP contribution in [0.2, 0.25) is 0 Å². The molecule has 0 aliphatic heterocycles. The van der Waals surface area contributed by atoms with Crippen molar-refractivity contribution in [1.82, 2.24) is 0 Å². The first-order chi connectivity index (χ1) is 8.07. The third kappa shape index (κ3) is 16.5. The van der Waals surface area contributed by atoms with Crippen molar-refractivity contribution in [3.63, 3.8) is 0 Å². The average Bonchev–Trinajstić information content (AvgIpc) is 2.16. The minimum atomic E-state index is -1.21. The molecule has 0 aromatic rings. The fourth-order valence-corrected chi connectivity index (χ4v) is 0.608. The first-order valence-electron chi connectivity index (χ1n) is 4.61. The SMILES string of the molecule is NC(=O)CC(N)C(=O)O.NC(=O)CC(N)C(=O)O.[Pd]. The summed E-state index contributed by atoms with van der Waals surface area (Å²) < 4.78 is 0. The quantitative estimate of drug-likeness (QED) is 0.258. The van der Waals surface area contributed by atoms with Crippen LogP contribution in [-0.4, -0.2) is 46.0 Å². The van der Waals surface area contributed by atoms with Crippen LogP contribution in [0.25, 0.3) is 0 Å². The first kappa shape index (κ1) is 22.6. The number of carboxylic acid groups (broad SMARTS) is 2. The van der Waals surface area contributed by atoms with Crippen LogP contribution < -0.4 is 22.9 Å². The summed E-state index contributed by atoms with van der Waals surface area (Å²) in [5.74, 6) is -3.84. The van der Waals surface area contributed by atoms with Gasteiger partial charge in [-0.15, -0.1) is 0 Å². The van der Waals surface area contributed by atoms with Gasteiger partial charge in [0.25, 0.3) is 0 Å². The zero-order chi connectivity index (χ0) is 14.9. The van der Waals surface area contributed by atoms with E-state index in [0.29, 0.717) is 0 Å². The molecule has 2 atom stereocenters. The van der Waals surface area contributed by atoms with E-state index in [1.807, 2.05) is 0 Å². The maximum atomic E-state index is 9.99. The Hall–Kier alpha value is -1.54. The minimum absolute atomic E-state index is 0. The Kier molecular flexibility index (Phi) is 13.8. The van der Waals surface area contributed by atoms with E-state index in [0.717, 1.165) is 0 Å². The molecule has 0 fully saturated rings. The average molecular weight is 371 g/mol. The summed E-state index contributed by atoms with van der Waals surface area (Å²) in [6, 6.07) is -2.33. The second-order valence-electron chi connectivity index (χ2n) is 3.23. The van der Waals surface area contributed by atoms with Gasteiger partial charge in [0, 0.05) is 20.4 Å². The summed E-state index contributed by atoms with van der Waals surface area (Å²) in [5, 5.41) is 16.2. The van der Waals surface area contributed by atoms with Crippen molar-refractivity contribution in [2.24, 2.45) is 22.9 Å². The summed E-state index contributed by atoms with van der Waals surface area (Å²) in [7, 11) is 0. The van der Waals surface area contributed by atoms with Gasteiger partial charge >= 0.3 is 11.9 Å². The molecule has 0 saturated heterocycles. The molecule has 0 rings (SSSR count). The molecule has 0 heterocycles. The predicted molar refractivity (Wildman–Crippen MR) is 58.8 cm³/mol. The van der Waals surface area contributed by atoms with E-state index in [9.17, 15) is 19.2 Å². The van der Waals surface area contributed by atoms with E-state index in [1.165, 1.54) is 0 Å². The number of carbonyl (C=O) groups excluding carboxylic acids is 2. The van der Waals surface area contributed by atoms with E-state index < -0.39 is 35.8 Å². The summed E-state index contributed by atoms with van der Waals surface area (Å²) in [4.78, 5) is 39.8.